The maximum atomic E-state index is 12.1. The normalized spacial score (nSPS) is 11.0. The highest BCUT2D eigenvalue weighted by molar-refractivity contribution is 5.92. The van der Waals surface area contributed by atoms with Gasteiger partial charge in [0.25, 0.3) is 5.91 Å². The predicted molar refractivity (Wildman–Crippen MR) is 80.8 cm³/mol. The number of hydrogen-bond donors (Lipinski definition) is 2. The monoisotopic (exact) mass is 285 g/mol. The van der Waals surface area contributed by atoms with Crippen LogP contribution in [0.15, 0.2) is 36.9 Å². The zero-order valence-corrected chi connectivity index (χ0v) is 12.4. The van der Waals surface area contributed by atoms with Crippen LogP contribution < -0.4 is 10.6 Å². The van der Waals surface area contributed by atoms with Gasteiger partial charge in [0.2, 0.25) is 0 Å². The molecule has 0 atom stereocenters. The van der Waals surface area contributed by atoms with Gasteiger partial charge in [-0.1, -0.05) is 6.07 Å². The number of carbonyl (C=O) groups is 1. The summed E-state index contributed by atoms with van der Waals surface area (Å²) in [5, 5.41) is 6.02. The largest absolute Gasteiger partial charge is 0.365 e. The molecule has 6 heteroatoms. The number of pyridine rings is 1. The zero-order valence-electron chi connectivity index (χ0n) is 12.4. The summed E-state index contributed by atoms with van der Waals surface area (Å²) in [7, 11) is 0. The number of amides is 1. The minimum Gasteiger partial charge on any atom is -0.365 e. The van der Waals surface area contributed by atoms with Crippen LogP contribution in [0.5, 0.6) is 0 Å². The Bertz CT molecular complexity index is 607. The molecule has 0 aromatic carbocycles. The topological polar surface area (TPSA) is 79.8 Å². The Kier molecular flexibility index (Phi) is 4.47. The maximum absolute atomic E-state index is 12.1. The summed E-state index contributed by atoms with van der Waals surface area (Å²) in [6.45, 7) is 6.49. The van der Waals surface area contributed by atoms with E-state index in [-0.39, 0.29) is 11.4 Å². The number of nitrogens with one attached hydrogen (secondary N) is 2. The first-order valence-electron chi connectivity index (χ1n) is 6.71. The summed E-state index contributed by atoms with van der Waals surface area (Å²) >= 11 is 0. The van der Waals surface area contributed by atoms with E-state index in [0.717, 1.165) is 5.56 Å². The number of carbonyl (C=O) groups excluding carboxylic acids is 1. The van der Waals surface area contributed by atoms with Gasteiger partial charge >= 0.3 is 0 Å². The molecule has 0 aliphatic rings. The van der Waals surface area contributed by atoms with E-state index >= 15 is 0 Å². The van der Waals surface area contributed by atoms with E-state index in [0.29, 0.717) is 18.1 Å². The van der Waals surface area contributed by atoms with Crippen molar-refractivity contribution in [2.75, 3.05) is 5.32 Å². The Hall–Kier alpha value is -2.50. The summed E-state index contributed by atoms with van der Waals surface area (Å²) < 4.78 is 0. The second-order valence-corrected chi connectivity index (χ2v) is 5.71. The molecule has 21 heavy (non-hydrogen) atoms. The molecule has 2 heterocycles. The van der Waals surface area contributed by atoms with Crippen molar-refractivity contribution in [3.8, 4) is 0 Å². The Labute approximate surface area is 124 Å². The van der Waals surface area contributed by atoms with Gasteiger partial charge in [-0.05, 0) is 32.4 Å². The first-order chi connectivity index (χ1) is 9.94. The van der Waals surface area contributed by atoms with Gasteiger partial charge in [0.15, 0.2) is 0 Å². The predicted octanol–water partition coefficient (Wildman–Crippen LogP) is 2.01. The molecule has 2 aromatic heterocycles. The fraction of sp³-hybridized carbons (Fsp3) is 0.333. The number of rotatable bonds is 4. The van der Waals surface area contributed by atoms with Crippen molar-refractivity contribution in [3.63, 3.8) is 0 Å². The van der Waals surface area contributed by atoms with Gasteiger partial charge < -0.3 is 10.6 Å². The number of anilines is 1. The Balaban J connectivity index is 2.01. The quantitative estimate of drug-likeness (QED) is 0.898. The Morgan fingerprint density at radius 3 is 2.76 bits per heavy atom. The summed E-state index contributed by atoms with van der Waals surface area (Å²) in [4.78, 5) is 24.2. The molecule has 110 valence electrons. The lowest BCUT2D eigenvalue weighted by Crippen LogP contribution is -2.28. The van der Waals surface area contributed by atoms with Crippen molar-refractivity contribution in [1.82, 2.24) is 20.3 Å². The first kappa shape index (κ1) is 14.9. The van der Waals surface area contributed by atoms with E-state index in [4.69, 9.17) is 0 Å². The van der Waals surface area contributed by atoms with Crippen LogP contribution in [-0.2, 0) is 6.54 Å². The second kappa shape index (κ2) is 6.30. The van der Waals surface area contributed by atoms with E-state index < -0.39 is 0 Å². The smallest absolute Gasteiger partial charge is 0.270 e. The lowest BCUT2D eigenvalue weighted by molar-refractivity contribution is 0.0945. The highest BCUT2D eigenvalue weighted by Crippen LogP contribution is 2.12. The summed E-state index contributed by atoms with van der Waals surface area (Å²) in [6, 6.07) is 5.38. The van der Waals surface area contributed by atoms with Gasteiger partial charge in [-0.3, -0.25) is 9.78 Å². The van der Waals surface area contributed by atoms with Crippen LogP contribution in [0.1, 0.15) is 36.8 Å². The molecule has 2 aromatic rings. The average Bonchev–Trinajstić information content (AvgIpc) is 2.44. The third-order valence-electron chi connectivity index (χ3n) is 2.58. The van der Waals surface area contributed by atoms with Gasteiger partial charge in [0, 0.05) is 30.5 Å². The first-order valence-corrected chi connectivity index (χ1v) is 6.71. The Morgan fingerprint density at radius 2 is 2.10 bits per heavy atom. The van der Waals surface area contributed by atoms with Crippen molar-refractivity contribution in [2.45, 2.75) is 32.9 Å². The summed E-state index contributed by atoms with van der Waals surface area (Å²) in [6.07, 6.45) is 4.79. The molecule has 0 aliphatic carbocycles. The van der Waals surface area contributed by atoms with Crippen molar-refractivity contribution in [3.05, 3.63) is 48.2 Å². The van der Waals surface area contributed by atoms with E-state index in [2.05, 4.69) is 25.6 Å². The molecule has 0 radical (unpaired) electrons. The summed E-state index contributed by atoms with van der Waals surface area (Å²) in [5.74, 6) is 0.391. The van der Waals surface area contributed by atoms with Crippen molar-refractivity contribution >= 4 is 11.7 Å². The molecule has 0 fully saturated rings. The lowest BCUT2D eigenvalue weighted by Gasteiger charge is -2.21. The Morgan fingerprint density at radius 1 is 1.29 bits per heavy atom. The molecule has 0 unspecified atom stereocenters. The molecular formula is C15H19N5O. The van der Waals surface area contributed by atoms with E-state index in [1.807, 2.05) is 32.9 Å². The third-order valence-corrected chi connectivity index (χ3v) is 2.58. The van der Waals surface area contributed by atoms with Gasteiger partial charge in [-0.2, -0.15) is 0 Å². The van der Waals surface area contributed by atoms with Crippen LogP contribution >= 0.6 is 0 Å². The molecule has 0 spiro atoms. The van der Waals surface area contributed by atoms with Crippen LogP contribution in [0.2, 0.25) is 0 Å². The van der Waals surface area contributed by atoms with Crippen LogP contribution in [0, 0.1) is 0 Å². The van der Waals surface area contributed by atoms with Crippen molar-refractivity contribution in [2.24, 2.45) is 0 Å². The van der Waals surface area contributed by atoms with Crippen molar-refractivity contribution in [1.29, 1.82) is 0 Å². The SMILES string of the molecule is CC(C)(C)Nc1cc(C(=O)NCc2cccnc2)ncn1. The average molecular weight is 285 g/mol. The number of nitrogens with zero attached hydrogens (tertiary/aromatic N) is 3. The minimum absolute atomic E-state index is 0.127. The van der Waals surface area contributed by atoms with Gasteiger partial charge in [0.05, 0.1) is 0 Å². The fourth-order valence-corrected chi connectivity index (χ4v) is 1.71. The fourth-order valence-electron chi connectivity index (χ4n) is 1.71. The molecule has 0 saturated heterocycles. The van der Waals surface area contributed by atoms with E-state index in [9.17, 15) is 4.79 Å². The summed E-state index contributed by atoms with van der Waals surface area (Å²) in [5.41, 5.74) is 1.14. The molecule has 1 amide bonds. The molecule has 0 aliphatic heterocycles. The zero-order chi connectivity index (χ0) is 15.3. The maximum Gasteiger partial charge on any atom is 0.270 e. The standard InChI is InChI=1S/C15H19N5O/c1-15(2,3)20-13-7-12(18-10-19-13)14(21)17-9-11-5-4-6-16-8-11/h4-8,10H,9H2,1-3H3,(H,17,21)(H,18,19,20). The minimum atomic E-state index is -0.238. The lowest BCUT2D eigenvalue weighted by atomic mass is 10.1. The molecule has 2 rings (SSSR count). The number of aromatic nitrogens is 3. The van der Waals surface area contributed by atoms with Crippen molar-refractivity contribution < 1.29 is 4.79 Å². The molecule has 0 saturated carbocycles. The number of hydrogen-bond acceptors (Lipinski definition) is 5. The van der Waals surface area contributed by atoms with Gasteiger partial charge in [-0.15, -0.1) is 0 Å². The molecule has 6 nitrogen and oxygen atoms in total. The molecule has 0 bridgehead atoms. The van der Waals surface area contributed by atoms with Crippen LogP contribution in [0.4, 0.5) is 5.82 Å². The van der Waals surface area contributed by atoms with Crippen LogP contribution in [-0.4, -0.2) is 26.4 Å². The molecular weight excluding hydrogens is 266 g/mol. The third kappa shape index (κ3) is 4.83. The highest BCUT2D eigenvalue weighted by Gasteiger charge is 2.13. The van der Waals surface area contributed by atoms with Crippen LogP contribution in [0.25, 0.3) is 0 Å². The molecule has 2 N–H and O–H groups in total. The van der Waals surface area contributed by atoms with Gasteiger partial charge in [-0.25, -0.2) is 9.97 Å². The van der Waals surface area contributed by atoms with E-state index in [1.165, 1.54) is 6.33 Å². The second-order valence-electron chi connectivity index (χ2n) is 5.71. The van der Waals surface area contributed by atoms with Crippen LogP contribution in [0.3, 0.4) is 0 Å². The van der Waals surface area contributed by atoms with E-state index in [1.54, 1.807) is 18.5 Å². The highest BCUT2D eigenvalue weighted by atomic mass is 16.1. The van der Waals surface area contributed by atoms with Gasteiger partial charge in [0.1, 0.15) is 17.8 Å².